The zero-order valence-electron chi connectivity index (χ0n) is 16.2. The molecule has 0 radical (unpaired) electrons. The Bertz CT molecular complexity index is 1040. The molecule has 3 aromatic rings. The van der Waals surface area contributed by atoms with E-state index in [1.165, 1.54) is 24.4 Å². The van der Waals surface area contributed by atoms with Crippen LogP contribution in [-0.4, -0.2) is 41.5 Å². The molecule has 148 valence electrons. The number of aromatic nitrogens is 1. The number of pyridine rings is 1. The fourth-order valence-electron chi connectivity index (χ4n) is 3.19. The van der Waals surface area contributed by atoms with Crippen molar-refractivity contribution in [2.75, 3.05) is 19.5 Å². The maximum atomic E-state index is 11.7. The van der Waals surface area contributed by atoms with Crippen molar-refractivity contribution in [1.82, 2.24) is 4.98 Å². The minimum Gasteiger partial charge on any atom is -0.494 e. The van der Waals surface area contributed by atoms with Gasteiger partial charge in [-0.2, -0.15) is 0 Å². The standard InChI is InChI=1S/C23H22N2O3S/c1-27-23(26)21-15-29-22(25-21)20-11-9-17-14-18(10-12-19(17)24-20)28-13-5-8-16-6-3-2-4-7-16/h2-4,6-7,9-12,14,21H,5,8,13,15H2,1H3. The third-order valence-corrected chi connectivity index (χ3v) is 5.80. The van der Waals surface area contributed by atoms with Crippen LogP contribution < -0.4 is 4.74 Å². The van der Waals surface area contributed by atoms with E-state index < -0.39 is 6.04 Å². The summed E-state index contributed by atoms with van der Waals surface area (Å²) in [5.74, 6) is 1.14. The third kappa shape index (κ3) is 4.77. The van der Waals surface area contributed by atoms with Gasteiger partial charge in [0.1, 0.15) is 10.8 Å². The molecule has 0 N–H and O–H groups in total. The first-order chi connectivity index (χ1) is 14.2. The zero-order chi connectivity index (χ0) is 20.1. The van der Waals surface area contributed by atoms with Gasteiger partial charge in [0.2, 0.25) is 0 Å². The number of aliphatic imine (C=N–C) groups is 1. The summed E-state index contributed by atoms with van der Waals surface area (Å²) in [4.78, 5) is 20.8. The second-order valence-corrected chi connectivity index (χ2v) is 7.78. The number of methoxy groups -OCH3 is 1. The lowest BCUT2D eigenvalue weighted by Gasteiger charge is -2.08. The predicted octanol–water partition coefficient (Wildman–Crippen LogP) is 4.28. The quantitative estimate of drug-likeness (QED) is 0.433. The van der Waals surface area contributed by atoms with Crippen molar-refractivity contribution in [2.24, 2.45) is 4.99 Å². The summed E-state index contributed by atoms with van der Waals surface area (Å²) in [6, 6.07) is 19.9. The highest BCUT2D eigenvalue weighted by Crippen LogP contribution is 2.26. The van der Waals surface area contributed by atoms with Crippen LogP contribution in [0.25, 0.3) is 10.9 Å². The third-order valence-electron chi connectivity index (χ3n) is 4.73. The summed E-state index contributed by atoms with van der Waals surface area (Å²) < 4.78 is 10.7. The molecule has 0 saturated carbocycles. The minimum atomic E-state index is -0.441. The normalized spacial score (nSPS) is 15.9. The van der Waals surface area contributed by atoms with Crippen LogP contribution >= 0.6 is 11.8 Å². The van der Waals surface area contributed by atoms with Crippen molar-refractivity contribution in [2.45, 2.75) is 18.9 Å². The summed E-state index contributed by atoms with van der Waals surface area (Å²) in [6.07, 6.45) is 1.98. The molecule has 1 aliphatic heterocycles. The number of hydrogen-bond donors (Lipinski definition) is 0. The molecule has 0 amide bonds. The predicted molar refractivity (Wildman–Crippen MR) is 117 cm³/mol. The lowest BCUT2D eigenvalue weighted by molar-refractivity contribution is -0.141. The molecule has 0 spiro atoms. The number of benzene rings is 2. The highest BCUT2D eigenvalue weighted by molar-refractivity contribution is 8.14. The Morgan fingerprint density at radius 2 is 2.00 bits per heavy atom. The molecule has 5 nitrogen and oxygen atoms in total. The summed E-state index contributed by atoms with van der Waals surface area (Å²) in [5, 5.41) is 1.80. The Morgan fingerprint density at radius 1 is 1.14 bits per heavy atom. The van der Waals surface area contributed by atoms with E-state index in [0.29, 0.717) is 12.4 Å². The Balaban J connectivity index is 1.39. The van der Waals surface area contributed by atoms with E-state index in [9.17, 15) is 4.79 Å². The Hall–Kier alpha value is -2.86. The molecule has 1 atom stereocenters. The minimum absolute atomic E-state index is 0.303. The molecule has 4 rings (SSSR count). The first kappa shape index (κ1) is 19.5. The summed E-state index contributed by atoms with van der Waals surface area (Å²) in [5.41, 5.74) is 2.99. The van der Waals surface area contributed by atoms with Crippen LogP contribution in [0.3, 0.4) is 0 Å². The first-order valence-corrected chi connectivity index (χ1v) is 10.6. The van der Waals surface area contributed by atoms with Gasteiger partial charge < -0.3 is 9.47 Å². The fourth-order valence-corrected chi connectivity index (χ4v) is 4.18. The number of ether oxygens (including phenoxy) is 2. The Labute approximate surface area is 174 Å². The van der Waals surface area contributed by atoms with Gasteiger partial charge in [-0.15, -0.1) is 11.8 Å². The number of thioether (sulfide) groups is 1. The van der Waals surface area contributed by atoms with E-state index in [-0.39, 0.29) is 5.97 Å². The number of esters is 1. The molecule has 0 aliphatic carbocycles. The number of rotatable bonds is 7. The van der Waals surface area contributed by atoms with Crippen LogP contribution in [-0.2, 0) is 16.0 Å². The lowest BCUT2D eigenvalue weighted by Crippen LogP contribution is -2.19. The zero-order valence-corrected chi connectivity index (χ0v) is 17.0. The van der Waals surface area contributed by atoms with Gasteiger partial charge in [-0.3, -0.25) is 4.99 Å². The first-order valence-electron chi connectivity index (χ1n) is 9.59. The molecule has 0 bridgehead atoms. The van der Waals surface area contributed by atoms with Crippen LogP contribution in [0.4, 0.5) is 0 Å². The van der Waals surface area contributed by atoms with Crippen molar-refractivity contribution >= 4 is 33.7 Å². The molecule has 2 heterocycles. The number of aryl methyl sites for hydroxylation is 1. The smallest absolute Gasteiger partial charge is 0.331 e. The van der Waals surface area contributed by atoms with E-state index in [1.807, 2.05) is 36.4 Å². The number of fused-ring (bicyclic) bond motifs is 1. The van der Waals surface area contributed by atoms with Crippen LogP contribution in [0, 0.1) is 0 Å². The average molecular weight is 407 g/mol. The van der Waals surface area contributed by atoms with Crippen LogP contribution in [0.5, 0.6) is 5.75 Å². The van der Waals surface area contributed by atoms with E-state index in [4.69, 9.17) is 14.5 Å². The molecule has 6 heteroatoms. The average Bonchev–Trinajstić information content (AvgIpc) is 3.27. The van der Waals surface area contributed by atoms with Gasteiger partial charge in [0.25, 0.3) is 0 Å². The Kier molecular flexibility index (Phi) is 6.10. The largest absolute Gasteiger partial charge is 0.494 e. The van der Waals surface area contributed by atoms with E-state index in [0.717, 1.165) is 40.2 Å². The summed E-state index contributed by atoms with van der Waals surface area (Å²) in [6.45, 7) is 0.675. The number of carbonyl (C=O) groups is 1. The van der Waals surface area contributed by atoms with E-state index in [2.05, 4.69) is 29.3 Å². The molecule has 1 aromatic heterocycles. The van der Waals surface area contributed by atoms with Crippen LogP contribution in [0.1, 0.15) is 17.7 Å². The lowest BCUT2D eigenvalue weighted by atomic mass is 10.1. The molecule has 0 fully saturated rings. The molecule has 1 unspecified atom stereocenters. The van der Waals surface area contributed by atoms with Gasteiger partial charge in [-0.25, -0.2) is 9.78 Å². The van der Waals surface area contributed by atoms with Crippen LogP contribution in [0.2, 0.25) is 0 Å². The topological polar surface area (TPSA) is 60.8 Å². The van der Waals surface area contributed by atoms with Gasteiger partial charge in [-0.05, 0) is 42.7 Å². The molecule has 29 heavy (non-hydrogen) atoms. The summed E-state index contributed by atoms with van der Waals surface area (Å²) >= 11 is 1.53. The molecule has 1 aliphatic rings. The van der Waals surface area contributed by atoms with Crippen molar-refractivity contribution < 1.29 is 14.3 Å². The van der Waals surface area contributed by atoms with Crippen molar-refractivity contribution in [3.8, 4) is 5.75 Å². The van der Waals surface area contributed by atoms with E-state index in [1.54, 1.807) is 0 Å². The molecule has 0 saturated heterocycles. The maximum Gasteiger partial charge on any atom is 0.331 e. The second-order valence-electron chi connectivity index (χ2n) is 6.77. The maximum absolute atomic E-state index is 11.7. The highest BCUT2D eigenvalue weighted by Gasteiger charge is 2.27. The molecular formula is C23H22N2O3S. The van der Waals surface area contributed by atoms with Gasteiger partial charge in [-0.1, -0.05) is 36.4 Å². The fraction of sp³-hybridized carbons (Fsp3) is 0.261. The van der Waals surface area contributed by atoms with E-state index >= 15 is 0 Å². The molecular weight excluding hydrogens is 384 g/mol. The van der Waals surface area contributed by atoms with Gasteiger partial charge >= 0.3 is 5.97 Å². The van der Waals surface area contributed by atoms with Gasteiger partial charge in [0, 0.05) is 11.1 Å². The highest BCUT2D eigenvalue weighted by atomic mass is 32.2. The monoisotopic (exact) mass is 406 g/mol. The SMILES string of the molecule is COC(=O)C1CSC(c2ccc3cc(OCCCc4ccccc4)ccc3n2)=N1. The van der Waals surface area contributed by atoms with Crippen molar-refractivity contribution in [3.05, 3.63) is 71.9 Å². The van der Waals surface area contributed by atoms with Gasteiger partial charge in [0.05, 0.1) is 24.9 Å². The number of nitrogens with zero attached hydrogens (tertiary/aromatic N) is 2. The van der Waals surface area contributed by atoms with Gasteiger partial charge in [0.15, 0.2) is 6.04 Å². The van der Waals surface area contributed by atoms with Crippen molar-refractivity contribution in [3.63, 3.8) is 0 Å². The van der Waals surface area contributed by atoms with Crippen molar-refractivity contribution in [1.29, 1.82) is 0 Å². The molecule has 2 aromatic carbocycles. The second kappa shape index (κ2) is 9.09. The Morgan fingerprint density at radius 3 is 2.83 bits per heavy atom. The summed E-state index contributed by atoms with van der Waals surface area (Å²) in [7, 11) is 1.39. The number of carbonyl (C=O) groups excluding carboxylic acids is 1. The van der Waals surface area contributed by atoms with Crippen LogP contribution in [0.15, 0.2) is 65.7 Å². The number of hydrogen-bond acceptors (Lipinski definition) is 6.